The van der Waals surface area contributed by atoms with Gasteiger partial charge in [-0.25, -0.2) is 8.78 Å². The van der Waals surface area contributed by atoms with E-state index in [-0.39, 0.29) is 0 Å². The van der Waals surface area contributed by atoms with Crippen molar-refractivity contribution < 1.29 is 41.1 Å². The molecular formula is C7H3BF6O3. The molecule has 0 fully saturated rings. The summed E-state index contributed by atoms with van der Waals surface area (Å²) in [4.78, 5) is 0. The second-order valence-corrected chi connectivity index (χ2v) is 2.75. The Hall–Kier alpha value is -1.42. The maximum Gasteiger partial charge on any atom is 0.494 e. The Balaban J connectivity index is 3.47. The molecule has 1 aromatic rings. The van der Waals surface area contributed by atoms with E-state index in [9.17, 15) is 26.3 Å². The van der Waals surface area contributed by atoms with Gasteiger partial charge in [0.05, 0.1) is 5.46 Å². The highest BCUT2D eigenvalue weighted by Crippen LogP contribution is 2.26. The van der Waals surface area contributed by atoms with E-state index in [1.165, 1.54) is 0 Å². The number of alkyl halides is 2. The van der Waals surface area contributed by atoms with Gasteiger partial charge in [0.1, 0.15) is 0 Å². The van der Waals surface area contributed by atoms with E-state index in [0.717, 1.165) is 0 Å². The lowest BCUT2D eigenvalue weighted by molar-refractivity contribution is -0.0553. The Morgan fingerprint density at radius 2 is 1.29 bits per heavy atom. The number of halogens is 6. The van der Waals surface area contributed by atoms with Gasteiger partial charge in [-0.3, -0.25) is 0 Å². The smallest absolute Gasteiger partial charge is 0.428 e. The van der Waals surface area contributed by atoms with Crippen LogP contribution in [0.5, 0.6) is 5.75 Å². The highest BCUT2D eigenvalue weighted by molar-refractivity contribution is 6.58. The van der Waals surface area contributed by atoms with Gasteiger partial charge in [-0.05, 0) is 0 Å². The van der Waals surface area contributed by atoms with Crippen LogP contribution >= 0.6 is 0 Å². The van der Waals surface area contributed by atoms with E-state index in [1.807, 2.05) is 0 Å². The first kappa shape index (κ1) is 13.6. The Morgan fingerprint density at radius 1 is 0.882 bits per heavy atom. The number of benzene rings is 1. The first-order valence-electron chi connectivity index (χ1n) is 3.94. The Morgan fingerprint density at radius 3 is 1.59 bits per heavy atom. The molecule has 0 spiro atoms. The second-order valence-electron chi connectivity index (χ2n) is 2.75. The molecule has 0 aliphatic carbocycles. The molecule has 0 bridgehead atoms. The molecule has 0 atom stereocenters. The minimum Gasteiger partial charge on any atom is -0.428 e. The Bertz CT molecular complexity index is 409. The van der Waals surface area contributed by atoms with Crippen LogP contribution in [0.2, 0.25) is 0 Å². The third-order valence-electron chi connectivity index (χ3n) is 1.72. The summed E-state index contributed by atoms with van der Waals surface area (Å²) < 4.78 is 78.5. The molecular weight excluding hydrogens is 257 g/mol. The van der Waals surface area contributed by atoms with Crippen molar-refractivity contribution in [1.82, 2.24) is 0 Å². The Kier molecular flexibility index (Phi) is 3.89. The third kappa shape index (κ3) is 2.47. The van der Waals surface area contributed by atoms with Crippen LogP contribution in [0.1, 0.15) is 0 Å². The average Bonchev–Trinajstić information content (AvgIpc) is 2.21. The molecule has 0 amide bonds. The van der Waals surface area contributed by atoms with Gasteiger partial charge >= 0.3 is 13.7 Å². The molecule has 0 radical (unpaired) electrons. The van der Waals surface area contributed by atoms with Gasteiger partial charge in [-0.15, -0.1) is 0 Å². The first-order chi connectivity index (χ1) is 7.77. The zero-order valence-electron chi connectivity index (χ0n) is 7.73. The predicted molar refractivity (Wildman–Crippen MR) is 42.7 cm³/mol. The summed E-state index contributed by atoms with van der Waals surface area (Å²) >= 11 is 0. The monoisotopic (exact) mass is 260 g/mol. The molecule has 1 aromatic carbocycles. The van der Waals surface area contributed by atoms with E-state index in [4.69, 9.17) is 10.0 Å². The summed E-state index contributed by atoms with van der Waals surface area (Å²) in [5, 5.41) is 16.9. The van der Waals surface area contributed by atoms with Crippen LogP contribution in [0.25, 0.3) is 0 Å². The molecule has 0 saturated heterocycles. The minimum absolute atomic E-state index is 1.73. The number of hydrogen-bond acceptors (Lipinski definition) is 3. The van der Waals surface area contributed by atoms with Crippen LogP contribution in [0.15, 0.2) is 0 Å². The fourth-order valence-electron chi connectivity index (χ4n) is 1.05. The Labute approximate surface area is 90.4 Å². The molecule has 94 valence electrons. The highest BCUT2D eigenvalue weighted by atomic mass is 19.3. The second kappa shape index (κ2) is 4.84. The normalized spacial score (nSPS) is 10.9. The van der Waals surface area contributed by atoms with Crippen molar-refractivity contribution in [2.45, 2.75) is 6.61 Å². The van der Waals surface area contributed by atoms with Gasteiger partial charge in [0.2, 0.25) is 17.4 Å². The maximum absolute atomic E-state index is 13.0. The van der Waals surface area contributed by atoms with Gasteiger partial charge in [-0.2, -0.15) is 17.6 Å². The molecule has 0 unspecified atom stereocenters. The minimum atomic E-state index is -3.71. The third-order valence-corrected chi connectivity index (χ3v) is 1.72. The van der Waals surface area contributed by atoms with E-state index >= 15 is 0 Å². The standard InChI is InChI=1S/C7H3BF6O3/c9-2-1(8(15)16)3(10)5(12)6(4(2)11)17-7(13)14/h7,15-16H. The van der Waals surface area contributed by atoms with Gasteiger partial charge in [0.15, 0.2) is 11.6 Å². The van der Waals surface area contributed by atoms with Crippen LogP contribution in [0, 0.1) is 23.3 Å². The molecule has 0 aromatic heterocycles. The van der Waals surface area contributed by atoms with Crippen LogP contribution in [-0.2, 0) is 0 Å². The van der Waals surface area contributed by atoms with Gasteiger partial charge in [0.25, 0.3) is 0 Å². The lowest BCUT2D eigenvalue weighted by atomic mass is 9.79. The molecule has 1 rings (SSSR count). The van der Waals surface area contributed by atoms with Crippen molar-refractivity contribution in [3.05, 3.63) is 23.3 Å². The summed E-state index contributed by atoms with van der Waals surface area (Å²) in [6, 6.07) is 0. The molecule has 0 aliphatic heterocycles. The summed E-state index contributed by atoms with van der Waals surface area (Å²) in [6.45, 7) is -3.71. The van der Waals surface area contributed by atoms with Crippen molar-refractivity contribution in [2.75, 3.05) is 0 Å². The highest BCUT2D eigenvalue weighted by Gasteiger charge is 2.33. The molecule has 0 saturated carbocycles. The SMILES string of the molecule is OB(O)c1c(F)c(F)c(OC(F)F)c(F)c1F. The van der Waals surface area contributed by atoms with Gasteiger partial charge in [0, 0.05) is 0 Å². The molecule has 2 N–H and O–H groups in total. The first-order valence-corrected chi connectivity index (χ1v) is 3.94. The summed E-state index contributed by atoms with van der Waals surface area (Å²) in [5.41, 5.74) is -1.73. The largest absolute Gasteiger partial charge is 0.494 e. The fraction of sp³-hybridized carbons (Fsp3) is 0.143. The molecule has 0 heterocycles. The van der Waals surface area contributed by atoms with Crippen LogP contribution in [0.4, 0.5) is 26.3 Å². The zero-order valence-corrected chi connectivity index (χ0v) is 7.73. The average molecular weight is 260 g/mol. The van der Waals surface area contributed by atoms with Crippen molar-refractivity contribution in [3.63, 3.8) is 0 Å². The number of ether oxygens (including phenoxy) is 1. The van der Waals surface area contributed by atoms with Crippen LogP contribution in [-0.4, -0.2) is 23.8 Å². The molecule has 3 nitrogen and oxygen atoms in total. The van der Waals surface area contributed by atoms with Gasteiger partial charge < -0.3 is 14.8 Å². The fourth-order valence-corrected chi connectivity index (χ4v) is 1.05. The lowest BCUT2D eigenvalue weighted by Crippen LogP contribution is -2.37. The van der Waals surface area contributed by atoms with Crippen molar-refractivity contribution >= 4 is 12.6 Å². The summed E-state index contributed by atoms with van der Waals surface area (Å²) in [7, 11) is -2.85. The molecule has 0 aliphatic rings. The zero-order chi connectivity index (χ0) is 13.3. The van der Waals surface area contributed by atoms with E-state index in [1.54, 1.807) is 0 Å². The predicted octanol–water partition coefficient (Wildman–Crippen LogP) is 0.524. The lowest BCUT2D eigenvalue weighted by Gasteiger charge is -2.11. The van der Waals surface area contributed by atoms with Crippen LogP contribution in [0.3, 0.4) is 0 Å². The van der Waals surface area contributed by atoms with E-state index < -0.39 is 48.2 Å². The van der Waals surface area contributed by atoms with E-state index in [0.29, 0.717) is 0 Å². The number of rotatable bonds is 3. The molecule has 10 heteroatoms. The topological polar surface area (TPSA) is 49.7 Å². The summed E-state index contributed by atoms with van der Waals surface area (Å²) in [5.74, 6) is -11.0. The van der Waals surface area contributed by atoms with Gasteiger partial charge in [-0.1, -0.05) is 0 Å². The van der Waals surface area contributed by atoms with Crippen molar-refractivity contribution in [3.8, 4) is 5.75 Å². The van der Waals surface area contributed by atoms with E-state index in [2.05, 4.69) is 4.74 Å². The quantitative estimate of drug-likeness (QED) is 0.473. The number of hydrogen-bond donors (Lipinski definition) is 2. The summed E-state index contributed by atoms with van der Waals surface area (Å²) in [6.07, 6.45) is 0. The van der Waals surface area contributed by atoms with Crippen molar-refractivity contribution in [2.24, 2.45) is 0 Å². The van der Waals surface area contributed by atoms with Crippen LogP contribution < -0.4 is 10.2 Å². The molecule has 17 heavy (non-hydrogen) atoms. The maximum atomic E-state index is 13.0. The van der Waals surface area contributed by atoms with Crippen molar-refractivity contribution in [1.29, 1.82) is 0 Å².